The maximum absolute atomic E-state index is 13.1. The highest BCUT2D eigenvalue weighted by Gasteiger charge is 2.27. The number of nitrogens with zero attached hydrogens (tertiary/aromatic N) is 2. The lowest BCUT2D eigenvalue weighted by molar-refractivity contribution is -0.114. The lowest BCUT2D eigenvalue weighted by Gasteiger charge is -2.18. The number of anilines is 3. The summed E-state index contributed by atoms with van der Waals surface area (Å²) in [5.74, 6) is -0.403. The van der Waals surface area contributed by atoms with E-state index in [0.29, 0.717) is 46.7 Å². The monoisotopic (exact) mass is 464 g/mol. The second-order valence-electron chi connectivity index (χ2n) is 8.01. The molecule has 3 aromatic rings. The molecule has 170 valence electrons. The third-order valence-electron chi connectivity index (χ3n) is 5.50. The number of fused-ring (bicyclic) bond motifs is 1. The van der Waals surface area contributed by atoms with Gasteiger partial charge in [0.2, 0.25) is 5.91 Å². The van der Waals surface area contributed by atoms with E-state index in [0.717, 1.165) is 5.56 Å². The van der Waals surface area contributed by atoms with E-state index in [9.17, 15) is 18.0 Å². The fourth-order valence-corrected chi connectivity index (χ4v) is 5.18. The Balaban J connectivity index is 1.62. The molecule has 0 fully saturated rings. The number of aryl methyl sites for hydroxylation is 2. The first-order valence-corrected chi connectivity index (χ1v) is 11.9. The Hall–Kier alpha value is -3.72. The Morgan fingerprint density at radius 2 is 1.79 bits per heavy atom. The van der Waals surface area contributed by atoms with Gasteiger partial charge in [0.05, 0.1) is 16.1 Å². The van der Waals surface area contributed by atoms with Crippen LogP contribution in [0.5, 0.6) is 0 Å². The summed E-state index contributed by atoms with van der Waals surface area (Å²) in [6.45, 7) is 5.41. The molecule has 0 atom stereocenters. The maximum Gasteiger partial charge on any atom is 0.261 e. The minimum atomic E-state index is -3.89. The Morgan fingerprint density at radius 1 is 1.06 bits per heavy atom. The summed E-state index contributed by atoms with van der Waals surface area (Å²) in [5, 5.41) is 2.73. The number of nitrogens with one attached hydrogen (secondary N) is 2. The van der Waals surface area contributed by atoms with Crippen LogP contribution in [0.4, 0.5) is 17.1 Å². The third-order valence-corrected chi connectivity index (χ3v) is 6.86. The second kappa shape index (κ2) is 8.67. The summed E-state index contributed by atoms with van der Waals surface area (Å²) >= 11 is 0. The van der Waals surface area contributed by atoms with E-state index in [1.807, 2.05) is 6.07 Å². The molecule has 1 aliphatic rings. The summed E-state index contributed by atoms with van der Waals surface area (Å²) in [4.78, 5) is 30.1. The zero-order valence-electron chi connectivity index (χ0n) is 18.5. The van der Waals surface area contributed by atoms with E-state index in [1.165, 1.54) is 25.3 Å². The SMILES string of the molecule is CC(=O)Nc1c(C)cc(S(=O)(=O)Nc2ccc3c(c2)N(C(=O)c2cccnc2)CC3)cc1C. The van der Waals surface area contributed by atoms with Crippen molar-refractivity contribution in [3.8, 4) is 0 Å². The topological polar surface area (TPSA) is 108 Å². The van der Waals surface area contributed by atoms with Crippen molar-refractivity contribution >= 4 is 38.9 Å². The van der Waals surface area contributed by atoms with Crippen molar-refractivity contribution in [1.82, 2.24) is 4.98 Å². The number of carbonyl (C=O) groups is 2. The van der Waals surface area contributed by atoms with Gasteiger partial charge < -0.3 is 10.2 Å². The summed E-state index contributed by atoms with van der Waals surface area (Å²) < 4.78 is 28.8. The number of benzene rings is 2. The van der Waals surface area contributed by atoms with Crippen molar-refractivity contribution < 1.29 is 18.0 Å². The highest BCUT2D eigenvalue weighted by atomic mass is 32.2. The van der Waals surface area contributed by atoms with Crippen molar-refractivity contribution in [2.75, 3.05) is 21.5 Å². The van der Waals surface area contributed by atoms with Gasteiger partial charge in [-0.15, -0.1) is 0 Å². The molecule has 2 N–H and O–H groups in total. The van der Waals surface area contributed by atoms with E-state index in [1.54, 1.807) is 49.2 Å². The van der Waals surface area contributed by atoms with Crippen LogP contribution in [0, 0.1) is 13.8 Å². The predicted molar refractivity (Wildman–Crippen MR) is 127 cm³/mol. The number of amides is 2. The largest absolute Gasteiger partial charge is 0.326 e. The van der Waals surface area contributed by atoms with Crippen LogP contribution in [0.3, 0.4) is 0 Å². The first-order valence-electron chi connectivity index (χ1n) is 10.4. The van der Waals surface area contributed by atoms with Gasteiger partial charge in [-0.05, 0) is 73.4 Å². The molecule has 2 heterocycles. The van der Waals surface area contributed by atoms with Crippen molar-refractivity contribution in [1.29, 1.82) is 0 Å². The molecule has 1 aromatic heterocycles. The first-order chi connectivity index (χ1) is 15.7. The van der Waals surface area contributed by atoms with Crippen LogP contribution < -0.4 is 14.9 Å². The number of sulfonamides is 1. The smallest absolute Gasteiger partial charge is 0.261 e. The molecular weight excluding hydrogens is 440 g/mol. The predicted octanol–water partition coefficient (Wildman–Crippen LogP) is 3.66. The molecule has 33 heavy (non-hydrogen) atoms. The van der Waals surface area contributed by atoms with Gasteiger partial charge in [-0.3, -0.25) is 19.3 Å². The fourth-order valence-electron chi connectivity index (χ4n) is 3.96. The molecule has 2 aromatic carbocycles. The van der Waals surface area contributed by atoms with Crippen molar-refractivity contribution in [2.24, 2.45) is 0 Å². The Morgan fingerprint density at radius 3 is 2.42 bits per heavy atom. The lowest BCUT2D eigenvalue weighted by atomic mass is 10.1. The zero-order valence-corrected chi connectivity index (χ0v) is 19.4. The highest BCUT2D eigenvalue weighted by Crippen LogP contribution is 2.33. The molecule has 0 radical (unpaired) electrons. The van der Waals surface area contributed by atoms with Crippen LogP contribution in [-0.2, 0) is 21.2 Å². The summed E-state index contributed by atoms with van der Waals surface area (Å²) in [6.07, 6.45) is 3.81. The number of carbonyl (C=O) groups excluding carboxylic acids is 2. The average molecular weight is 465 g/mol. The molecule has 9 heteroatoms. The minimum Gasteiger partial charge on any atom is -0.326 e. The molecule has 0 unspecified atom stereocenters. The van der Waals surface area contributed by atoms with Crippen molar-refractivity contribution in [3.63, 3.8) is 0 Å². The highest BCUT2D eigenvalue weighted by molar-refractivity contribution is 7.92. The molecule has 4 rings (SSSR count). The van der Waals surface area contributed by atoms with Gasteiger partial charge >= 0.3 is 0 Å². The molecule has 1 aliphatic heterocycles. The van der Waals surface area contributed by atoms with Gasteiger partial charge in [-0.2, -0.15) is 0 Å². The van der Waals surface area contributed by atoms with Gasteiger partial charge in [-0.25, -0.2) is 8.42 Å². The first kappa shape index (κ1) is 22.5. The minimum absolute atomic E-state index is 0.0930. The number of pyridine rings is 1. The van der Waals surface area contributed by atoms with E-state index in [4.69, 9.17) is 0 Å². The molecule has 2 amide bonds. The fraction of sp³-hybridized carbons (Fsp3) is 0.208. The summed E-state index contributed by atoms with van der Waals surface area (Å²) in [7, 11) is -3.89. The molecule has 0 aliphatic carbocycles. The van der Waals surface area contributed by atoms with Crippen molar-refractivity contribution in [3.05, 3.63) is 77.1 Å². The van der Waals surface area contributed by atoms with Crippen LogP contribution >= 0.6 is 0 Å². The van der Waals surface area contributed by atoms with Crippen LogP contribution in [0.15, 0.2) is 59.8 Å². The Bertz CT molecular complexity index is 1330. The van der Waals surface area contributed by atoms with Crippen LogP contribution in [0.2, 0.25) is 0 Å². The molecular formula is C24H24N4O4S. The van der Waals surface area contributed by atoms with Crippen LogP contribution in [0.1, 0.15) is 34.0 Å². The zero-order chi connectivity index (χ0) is 23.8. The standard InChI is InChI=1S/C24H24N4O4S/c1-15-11-21(12-16(2)23(15)26-17(3)29)33(31,32)27-20-7-6-18-8-10-28(22(18)13-20)24(30)19-5-4-9-25-14-19/h4-7,9,11-14,27H,8,10H2,1-3H3,(H,26,29). The average Bonchev–Trinajstić information content (AvgIpc) is 3.19. The van der Waals surface area contributed by atoms with Crippen LogP contribution in [0.25, 0.3) is 0 Å². The van der Waals surface area contributed by atoms with Crippen LogP contribution in [-0.4, -0.2) is 31.8 Å². The summed E-state index contributed by atoms with van der Waals surface area (Å²) in [5.41, 5.74) is 4.38. The Kier molecular flexibility index (Phi) is 5.90. The molecule has 0 bridgehead atoms. The Labute approximate surface area is 192 Å². The van der Waals surface area contributed by atoms with E-state index in [2.05, 4.69) is 15.0 Å². The molecule has 0 saturated heterocycles. The van der Waals surface area contributed by atoms with E-state index in [-0.39, 0.29) is 16.7 Å². The van der Waals surface area contributed by atoms with Gasteiger partial charge in [-0.1, -0.05) is 6.07 Å². The molecule has 0 saturated carbocycles. The number of aromatic nitrogens is 1. The molecule has 0 spiro atoms. The normalized spacial score (nSPS) is 12.9. The maximum atomic E-state index is 13.1. The van der Waals surface area contributed by atoms with E-state index >= 15 is 0 Å². The van der Waals surface area contributed by atoms with Gasteiger partial charge in [0.15, 0.2) is 0 Å². The van der Waals surface area contributed by atoms with Gasteiger partial charge in [0, 0.05) is 37.2 Å². The third kappa shape index (κ3) is 4.58. The van der Waals surface area contributed by atoms with Crippen molar-refractivity contribution in [2.45, 2.75) is 32.1 Å². The van der Waals surface area contributed by atoms with E-state index < -0.39 is 10.0 Å². The quantitative estimate of drug-likeness (QED) is 0.599. The number of rotatable bonds is 5. The number of hydrogen-bond acceptors (Lipinski definition) is 5. The second-order valence-corrected chi connectivity index (χ2v) is 9.69. The molecule has 8 nitrogen and oxygen atoms in total. The lowest BCUT2D eigenvalue weighted by Crippen LogP contribution is -2.29. The summed E-state index contributed by atoms with van der Waals surface area (Å²) in [6, 6.07) is 11.7. The van der Waals surface area contributed by atoms with Gasteiger partial charge in [0.1, 0.15) is 0 Å². The van der Waals surface area contributed by atoms with Gasteiger partial charge in [0.25, 0.3) is 15.9 Å². The number of hydrogen-bond donors (Lipinski definition) is 2.